The SMILES string of the molecule is C=C(O)C(F)(F)F.CN(C)C(=O)c1ccccc1/C=C/c1cc(-c2cc3c([nH]2)CCNC3=O)ccn1. The molecule has 0 fully saturated rings. The van der Waals surface area contributed by atoms with E-state index in [9.17, 15) is 22.8 Å². The van der Waals surface area contributed by atoms with E-state index < -0.39 is 11.9 Å². The first-order chi connectivity index (χ1) is 17.0. The first kappa shape index (κ1) is 26.3. The lowest BCUT2D eigenvalue weighted by molar-refractivity contribution is -0.119. The number of halogens is 3. The fourth-order valence-corrected chi connectivity index (χ4v) is 3.41. The highest BCUT2D eigenvalue weighted by Crippen LogP contribution is 2.25. The second kappa shape index (κ2) is 10.9. The van der Waals surface area contributed by atoms with Gasteiger partial charge in [0.15, 0.2) is 5.76 Å². The highest BCUT2D eigenvalue weighted by atomic mass is 19.4. The van der Waals surface area contributed by atoms with Gasteiger partial charge in [-0.15, -0.1) is 0 Å². The molecule has 0 bridgehead atoms. The summed E-state index contributed by atoms with van der Waals surface area (Å²) in [6.45, 7) is 2.91. The number of benzene rings is 1. The zero-order chi connectivity index (χ0) is 26.5. The lowest BCUT2D eigenvalue weighted by Gasteiger charge is -2.12. The summed E-state index contributed by atoms with van der Waals surface area (Å²) in [6.07, 6.45) is 1.69. The summed E-state index contributed by atoms with van der Waals surface area (Å²) in [5.41, 5.74) is 5.78. The van der Waals surface area contributed by atoms with Crippen LogP contribution in [0, 0.1) is 0 Å². The third kappa shape index (κ3) is 6.41. The highest BCUT2D eigenvalue weighted by molar-refractivity contribution is 5.99. The van der Waals surface area contributed by atoms with E-state index in [2.05, 4.69) is 21.9 Å². The van der Waals surface area contributed by atoms with Gasteiger partial charge < -0.3 is 20.3 Å². The predicted molar refractivity (Wildman–Crippen MR) is 131 cm³/mol. The molecule has 0 saturated carbocycles. The summed E-state index contributed by atoms with van der Waals surface area (Å²) < 4.78 is 32.5. The van der Waals surface area contributed by atoms with Crippen LogP contribution in [0.5, 0.6) is 0 Å². The fourth-order valence-electron chi connectivity index (χ4n) is 3.41. The van der Waals surface area contributed by atoms with Crippen LogP contribution >= 0.6 is 0 Å². The number of alkyl halides is 3. The predicted octanol–water partition coefficient (Wildman–Crippen LogP) is 4.86. The molecule has 188 valence electrons. The number of aromatic amines is 1. The van der Waals surface area contributed by atoms with Crippen molar-refractivity contribution in [3.8, 4) is 11.3 Å². The van der Waals surface area contributed by atoms with Crippen molar-refractivity contribution in [2.24, 2.45) is 0 Å². The van der Waals surface area contributed by atoms with Gasteiger partial charge in [0, 0.05) is 55.8 Å². The number of fused-ring (bicyclic) bond motifs is 1. The maximum Gasteiger partial charge on any atom is 0.448 e. The number of aromatic nitrogens is 2. The van der Waals surface area contributed by atoms with Gasteiger partial charge in [0.1, 0.15) is 0 Å². The molecule has 1 aromatic carbocycles. The van der Waals surface area contributed by atoms with Crippen molar-refractivity contribution < 1.29 is 27.9 Å². The van der Waals surface area contributed by atoms with E-state index in [4.69, 9.17) is 5.11 Å². The second-order valence-corrected chi connectivity index (χ2v) is 8.12. The first-order valence-electron chi connectivity index (χ1n) is 10.9. The topological polar surface area (TPSA) is 98.3 Å². The molecule has 7 nitrogen and oxygen atoms in total. The van der Waals surface area contributed by atoms with Gasteiger partial charge in [-0.3, -0.25) is 14.6 Å². The minimum atomic E-state index is -4.64. The van der Waals surface area contributed by atoms with Crippen molar-refractivity contribution in [1.29, 1.82) is 0 Å². The third-order valence-corrected chi connectivity index (χ3v) is 5.25. The molecular weight excluding hydrogens is 473 g/mol. The molecule has 0 atom stereocenters. The minimum absolute atomic E-state index is 0.0370. The fraction of sp³-hybridized carbons (Fsp3) is 0.192. The van der Waals surface area contributed by atoms with Gasteiger partial charge in [0.25, 0.3) is 11.8 Å². The Balaban J connectivity index is 0.000000454. The standard InChI is InChI=1S/C23H22N4O2.C3H3F3O/c1-27(2)23(29)18-6-4-3-5-15(18)7-8-17-13-16(9-11-24-17)21-14-19-20(26-21)10-12-25-22(19)28;1-2(7)3(4,5)6/h3-9,11,13-14,26H,10,12H2,1-2H3,(H,25,28);7H,1H2/b8-7+;. The summed E-state index contributed by atoms with van der Waals surface area (Å²) in [6, 6.07) is 13.3. The van der Waals surface area contributed by atoms with E-state index in [-0.39, 0.29) is 11.8 Å². The van der Waals surface area contributed by atoms with Gasteiger partial charge in [-0.1, -0.05) is 30.9 Å². The Morgan fingerprint density at radius 3 is 2.50 bits per heavy atom. The van der Waals surface area contributed by atoms with E-state index in [0.717, 1.165) is 34.6 Å². The summed E-state index contributed by atoms with van der Waals surface area (Å²) >= 11 is 0. The molecule has 1 aliphatic heterocycles. The molecule has 0 spiro atoms. The zero-order valence-electron chi connectivity index (χ0n) is 19.7. The van der Waals surface area contributed by atoms with E-state index in [1.165, 1.54) is 0 Å². The Kier molecular flexibility index (Phi) is 7.98. The molecule has 0 saturated heterocycles. The zero-order valence-corrected chi connectivity index (χ0v) is 19.7. The third-order valence-electron chi connectivity index (χ3n) is 5.25. The van der Waals surface area contributed by atoms with Crippen molar-refractivity contribution in [3.63, 3.8) is 0 Å². The van der Waals surface area contributed by atoms with E-state index in [0.29, 0.717) is 17.7 Å². The molecule has 2 amide bonds. The number of allylic oxidation sites excluding steroid dienone is 1. The summed E-state index contributed by atoms with van der Waals surface area (Å²) in [5.74, 6) is -1.83. The Labute approximate surface area is 206 Å². The maximum atomic E-state index is 12.4. The molecule has 36 heavy (non-hydrogen) atoms. The Morgan fingerprint density at radius 2 is 1.86 bits per heavy atom. The monoisotopic (exact) mass is 498 g/mol. The Morgan fingerprint density at radius 1 is 1.17 bits per heavy atom. The quantitative estimate of drug-likeness (QED) is 0.448. The number of aliphatic hydroxyl groups is 1. The smallest absolute Gasteiger partial charge is 0.448 e. The van der Waals surface area contributed by atoms with Gasteiger partial charge in [-0.05, 0) is 35.9 Å². The van der Waals surface area contributed by atoms with E-state index in [1.807, 2.05) is 54.6 Å². The number of amides is 2. The average molecular weight is 499 g/mol. The number of aliphatic hydroxyl groups excluding tert-OH is 1. The molecule has 3 heterocycles. The van der Waals surface area contributed by atoms with E-state index >= 15 is 0 Å². The van der Waals surface area contributed by atoms with Crippen LogP contribution in [0.25, 0.3) is 23.4 Å². The maximum absolute atomic E-state index is 12.4. The molecular formula is C26H25F3N4O3. The second-order valence-electron chi connectivity index (χ2n) is 8.12. The largest absolute Gasteiger partial charge is 0.505 e. The number of carbonyl (C=O) groups is 2. The first-order valence-corrected chi connectivity index (χ1v) is 10.9. The Hall–Kier alpha value is -4.34. The Bertz CT molecular complexity index is 1310. The van der Waals surface area contributed by atoms with Gasteiger partial charge >= 0.3 is 6.18 Å². The average Bonchev–Trinajstić information content (AvgIpc) is 3.28. The van der Waals surface area contributed by atoms with Crippen LogP contribution < -0.4 is 5.32 Å². The number of pyridine rings is 1. The number of rotatable bonds is 4. The molecule has 2 aromatic heterocycles. The van der Waals surface area contributed by atoms with Crippen LogP contribution in [0.15, 0.2) is 61.0 Å². The summed E-state index contributed by atoms with van der Waals surface area (Å²) in [5, 5.41) is 10.4. The van der Waals surface area contributed by atoms with Crippen LogP contribution in [0.3, 0.4) is 0 Å². The number of nitrogens with zero attached hydrogens (tertiary/aromatic N) is 2. The van der Waals surface area contributed by atoms with Crippen molar-refractivity contribution in [2.45, 2.75) is 12.6 Å². The van der Waals surface area contributed by atoms with Gasteiger partial charge in [-0.2, -0.15) is 13.2 Å². The molecule has 1 aliphatic rings. The molecule has 3 N–H and O–H groups in total. The molecule has 0 radical (unpaired) electrons. The summed E-state index contributed by atoms with van der Waals surface area (Å²) in [7, 11) is 3.48. The number of carbonyl (C=O) groups excluding carboxylic acids is 2. The molecule has 4 rings (SSSR count). The molecule has 0 unspecified atom stereocenters. The van der Waals surface area contributed by atoms with Crippen LogP contribution in [0.2, 0.25) is 0 Å². The highest BCUT2D eigenvalue weighted by Gasteiger charge is 2.31. The van der Waals surface area contributed by atoms with Crippen molar-refractivity contribution in [1.82, 2.24) is 20.2 Å². The molecule has 10 heteroatoms. The van der Waals surface area contributed by atoms with Gasteiger partial charge in [0.2, 0.25) is 0 Å². The minimum Gasteiger partial charge on any atom is -0.505 e. The normalized spacial score (nSPS) is 12.9. The van der Waals surface area contributed by atoms with Crippen molar-refractivity contribution >= 4 is 24.0 Å². The van der Waals surface area contributed by atoms with E-state index in [1.54, 1.807) is 25.2 Å². The van der Waals surface area contributed by atoms with Crippen LogP contribution in [0.1, 0.15) is 37.7 Å². The van der Waals surface area contributed by atoms with Crippen LogP contribution in [-0.4, -0.2) is 58.6 Å². The van der Waals surface area contributed by atoms with Gasteiger partial charge in [-0.25, -0.2) is 0 Å². The number of nitrogens with one attached hydrogen (secondary N) is 2. The lowest BCUT2D eigenvalue weighted by atomic mass is 10.1. The summed E-state index contributed by atoms with van der Waals surface area (Å²) in [4.78, 5) is 33.7. The molecule has 0 aliphatic carbocycles. The van der Waals surface area contributed by atoms with Gasteiger partial charge in [0.05, 0.1) is 11.3 Å². The lowest BCUT2D eigenvalue weighted by Crippen LogP contribution is -2.31. The number of H-pyrrole nitrogens is 1. The van der Waals surface area contributed by atoms with Crippen molar-refractivity contribution in [2.75, 3.05) is 20.6 Å². The van der Waals surface area contributed by atoms with Crippen LogP contribution in [-0.2, 0) is 6.42 Å². The molecule has 3 aromatic rings. The number of hydrogen-bond donors (Lipinski definition) is 3. The van der Waals surface area contributed by atoms with Crippen molar-refractivity contribution in [3.05, 3.63) is 89.1 Å². The number of hydrogen-bond acceptors (Lipinski definition) is 4. The van der Waals surface area contributed by atoms with Crippen LogP contribution in [0.4, 0.5) is 13.2 Å².